The molecular formula is C63H106NO8P. The summed E-state index contributed by atoms with van der Waals surface area (Å²) in [7, 11) is -4.39. The van der Waals surface area contributed by atoms with Crippen molar-refractivity contribution in [2.24, 2.45) is 5.73 Å². The highest BCUT2D eigenvalue weighted by Crippen LogP contribution is 2.43. The average Bonchev–Trinajstić information content (AvgIpc) is 3.38. The molecule has 0 aromatic carbocycles. The lowest BCUT2D eigenvalue weighted by molar-refractivity contribution is -0.161. The highest BCUT2D eigenvalue weighted by Gasteiger charge is 2.26. The number of ether oxygens (including phenoxy) is 2. The Morgan fingerprint density at radius 1 is 0.425 bits per heavy atom. The van der Waals surface area contributed by atoms with Gasteiger partial charge in [0.25, 0.3) is 0 Å². The minimum Gasteiger partial charge on any atom is -0.462 e. The number of nitrogens with two attached hydrogens (primary N) is 1. The number of rotatable bonds is 53. The summed E-state index contributed by atoms with van der Waals surface area (Å²) < 4.78 is 32.9. The van der Waals surface area contributed by atoms with E-state index in [4.69, 9.17) is 24.3 Å². The first kappa shape index (κ1) is 69.4. The molecule has 0 saturated carbocycles. The maximum atomic E-state index is 12.7. The van der Waals surface area contributed by atoms with Gasteiger partial charge in [-0.1, -0.05) is 251 Å². The molecule has 9 nitrogen and oxygen atoms in total. The number of hydrogen-bond donors (Lipinski definition) is 2. The molecule has 2 unspecified atom stereocenters. The predicted molar refractivity (Wildman–Crippen MR) is 311 cm³/mol. The van der Waals surface area contributed by atoms with Gasteiger partial charge in [-0.05, 0) is 89.9 Å². The van der Waals surface area contributed by atoms with Crippen LogP contribution < -0.4 is 5.73 Å². The second-order valence-corrected chi connectivity index (χ2v) is 20.2. The molecule has 416 valence electrons. The second kappa shape index (κ2) is 57.7. The van der Waals surface area contributed by atoms with E-state index < -0.39 is 26.5 Å². The van der Waals surface area contributed by atoms with E-state index in [0.717, 1.165) is 109 Å². The first-order valence-electron chi connectivity index (χ1n) is 29.0. The third-order valence-corrected chi connectivity index (χ3v) is 12.8. The van der Waals surface area contributed by atoms with Crippen molar-refractivity contribution >= 4 is 19.8 Å². The molecule has 3 N–H and O–H groups in total. The summed E-state index contributed by atoms with van der Waals surface area (Å²) in [6.07, 6.45) is 79.8. The molecule has 10 heteroatoms. The number of esters is 2. The van der Waals surface area contributed by atoms with Crippen molar-refractivity contribution in [3.63, 3.8) is 0 Å². The third-order valence-electron chi connectivity index (χ3n) is 11.9. The third kappa shape index (κ3) is 57.5. The molecule has 0 aliphatic rings. The zero-order valence-corrected chi connectivity index (χ0v) is 47.2. The second-order valence-electron chi connectivity index (χ2n) is 18.8. The molecular weight excluding hydrogens is 930 g/mol. The zero-order valence-electron chi connectivity index (χ0n) is 46.3. The molecule has 0 aromatic heterocycles. The predicted octanol–water partition coefficient (Wildman–Crippen LogP) is 18.4. The van der Waals surface area contributed by atoms with Crippen LogP contribution in [-0.4, -0.2) is 49.3 Å². The molecule has 0 spiro atoms. The molecule has 0 aromatic rings. The van der Waals surface area contributed by atoms with Gasteiger partial charge in [-0.3, -0.25) is 18.6 Å². The molecule has 0 radical (unpaired) electrons. The minimum absolute atomic E-state index is 0.0490. The molecule has 73 heavy (non-hydrogen) atoms. The number of carbonyl (C=O) groups is 2. The zero-order chi connectivity index (χ0) is 53.1. The number of allylic oxidation sites excluding steroid dienone is 20. The van der Waals surface area contributed by atoms with E-state index in [-0.39, 0.29) is 38.6 Å². The van der Waals surface area contributed by atoms with Gasteiger partial charge in [-0.25, -0.2) is 4.57 Å². The first-order valence-corrected chi connectivity index (χ1v) is 30.5. The van der Waals surface area contributed by atoms with E-state index in [2.05, 4.69) is 135 Å². The van der Waals surface area contributed by atoms with Gasteiger partial charge >= 0.3 is 19.8 Å². The van der Waals surface area contributed by atoms with Crippen LogP contribution in [0.25, 0.3) is 0 Å². The van der Waals surface area contributed by atoms with Gasteiger partial charge in [0.2, 0.25) is 0 Å². The summed E-state index contributed by atoms with van der Waals surface area (Å²) in [6.45, 7) is 3.60. The Bertz CT molecular complexity index is 1600. The maximum Gasteiger partial charge on any atom is 0.472 e. The molecule has 0 fully saturated rings. The Kier molecular flexibility index (Phi) is 54.8. The molecule has 2 atom stereocenters. The Morgan fingerprint density at radius 3 is 1.12 bits per heavy atom. The van der Waals surface area contributed by atoms with E-state index in [9.17, 15) is 19.0 Å². The standard InChI is InChI=1S/C63H106NO8P/c1-3-5-7-9-11-13-15-16-17-18-19-20-21-22-23-24-25-26-27-28-29-30-31-32-33-34-35-36-37-38-39-40-41-42-43-44-46-48-50-52-54-56-63(66)72-61(60-71-73(67,68)70-58-57-64)59-69-62(65)55-53-51-49-47-45-14-12-10-8-6-4-2/h5,7,11,13,16-17,19-20,22-23,25-26,28-29,31-32,34-35,37-38,61H,3-4,6,8-10,12,14-15,18,21,24,27,30,33,36,39-60,64H2,1-2H3,(H,67,68)/b7-5-,13-11-,17-16-,20-19-,23-22-,26-25-,29-28-,32-31-,35-34-,38-37-. The van der Waals surface area contributed by atoms with Crippen molar-refractivity contribution in [1.82, 2.24) is 0 Å². The van der Waals surface area contributed by atoms with Crippen LogP contribution in [0.15, 0.2) is 122 Å². The Hall–Kier alpha value is -3.59. The Balaban J connectivity index is 3.92. The lowest BCUT2D eigenvalue weighted by Gasteiger charge is -2.19. The van der Waals surface area contributed by atoms with Crippen LogP contribution in [0.1, 0.15) is 232 Å². The summed E-state index contributed by atoms with van der Waals surface area (Å²) in [5, 5.41) is 0. The topological polar surface area (TPSA) is 134 Å². The summed E-state index contributed by atoms with van der Waals surface area (Å²) in [5.74, 6) is -0.837. The van der Waals surface area contributed by atoms with Crippen LogP contribution in [0.4, 0.5) is 0 Å². The summed E-state index contributed by atoms with van der Waals surface area (Å²) in [6, 6.07) is 0. The average molecular weight is 1040 g/mol. The highest BCUT2D eigenvalue weighted by molar-refractivity contribution is 7.47. The van der Waals surface area contributed by atoms with Crippen molar-refractivity contribution in [2.75, 3.05) is 26.4 Å². The fraction of sp³-hybridized carbons (Fsp3) is 0.651. The van der Waals surface area contributed by atoms with E-state index in [1.807, 2.05) is 0 Å². The van der Waals surface area contributed by atoms with Gasteiger partial charge in [0, 0.05) is 19.4 Å². The van der Waals surface area contributed by atoms with Gasteiger partial charge in [0.1, 0.15) is 6.61 Å². The van der Waals surface area contributed by atoms with E-state index in [1.54, 1.807) is 0 Å². The fourth-order valence-corrected chi connectivity index (χ4v) is 8.37. The van der Waals surface area contributed by atoms with Crippen molar-refractivity contribution < 1.29 is 37.6 Å². The summed E-state index contributed by atoms with van der Waals surface area (Å²) >= 11 is 0. The number of phosphoric ester groups is 1. The Labute approximate surface area is 447 Å². The number of phosphoric acid groups is 1. The van der Waals surface area contributed by atoms with Crippen LogP contribution in [0.3, 0.4) is 0 Å². The molecule has 0 amide bonds. The molecule has 0 bridgehead atoms. The van der Waals surface area contributed by atoms with Crippen LogP contribution >= 0.6 is 7.82 Å². The van der Waals surface area contributed by atoms with Crippen molar-refractivity contribution in [1.29, 1.82) is 0 Å². The largest absolute Gasteiger partial charge is 0.472 e. The minimum atomic E-state index is -4.39. The highest BCUT2D eigenvalue weighted by atomic mass is 31.2. The smallest absolute Gasteiger partial charge is 0.462 e. The normalized spacial score (nSPS) is 14.0. The fourth-order valence-electron chi connectivity index (χ4n) is 7.60. The van der Waals surface area contributed by atoms with Crippen molar-refractivity contribution in [3.05, 3.63) is 122 Å². The van der Waals surface area contributed by atoms with E-state index in [1.165, 1.54) is 89.9 Å². The summed E-state index contributed by atoms with van der Waals surface area (Å²) in [4.78, 5) is 35.0. The van der Waals surface area contributed by atoms with Crippen LogP contribution in [0.5, 0.6) is 0 Å². The van der Waals surface area contributed by atoms with E-state index >= 15 is 0 Å². The van der Waals surface area contributed by atoms with Gasteiger partial charge in [-0.2, -0.15) is 0 Å². The van der Waals surface area contributed by atoms with Gasteiger partial charge < -0.3 is 20.1 Å². The molecule has 0 saturated heterocycles. The van der Waals surface area contributed by atoms with Gasteiger partial charge in [0.05, 0.1) is 13.2 Å². The molecule has 0 aliphatic heterocycles. The van der Waals surface area contributed by atoms with Gasteiger partial charge in [0.15, 0.2) is 6.10 Å². The van der Waals surface area contributed by atoms with Crippen molar-refractivity contribution in [2.45, 2.75) is 238 Å². The molecule has 0 aliphatic carbocycles. The summed E-state index contributed by atoms with van der Waals surface area (Å²) in [5.41, 5.74) is 5.37. The molecule has 0 heterocycles. The first-order chi connectivity index (χ1) is 35.8. The van der Waals surface area contributed by atoms with Crippen LogP contribution in [0, 0.1) is 0 Å². The number of carbonyl (C=O) groups excluding carboxylic acids is 2. The van der Waals surface area contributed by atoms with E-state index in [0.29, 0.717) is 6.42 Å². The monoisotopic (exact) mass is 1040 g/mol. The number of unbranched alkanes of at least 4 members (excludes halogenated alkanes) is 20. The van der Waals surface area contributed by atoms with Crippen molar-refractivity contribution in [3.8, 4) is 0 Å². The quantitative estimate of drug-likeness (QED) is 0.0264. The van der Waals surface area contributed by atoms with Crippen LogP contribution in [-0.2, 0) is 32.7 Å². The van der Waals surface area contributed by atoms with Gasteiger partial charge in [-0.15, -0.1) is 0 Å². The SMILES string of the molecule is CC/C=C\C/C=C\C/C=C\C/C=C\C/C=C\C/C=C\C/C=C\C/C=C\C/C=C\C/C=C\CCCCCCCCCCCCC(=O)OC(COC(=O)CCCCCCCCCCCCC)COP(=O)(O)OCCN. The Morgan fingerprint density at radius 2 is 0.753 bits per heavy atom. The lowest BCUT2D eigenvalue weighted by Crippen LogP contribution is -2.29. The molecule has 0 rings (SSSR count). The van der Waals surface area contributed by atoms with Crippen LogP contribution in [0.2, 0.25) is 0 Å². The number of hydrogen-bond acceptors (Lipinski definition) is 8. The maximum absolute atomic E-state index is 12.7. The lowest BCUT2D eigenvalue weighted by atomic mass is 10.0.